The van der Waals surface area contributed by atoms with Crippen molar-refractivity contribution in [1.29, 1.82) is 0 Å². The number of halogens is 3. The largest absolute Gasteiger partial charge is 0.344 e. The van der Waals surface area contributed by atoms with Crippen LogP contribution in [0.1, 0.15) is 0 Å². The SMILES string of the molecule is ClCC1OC(CCl)C(CCl)O1. The summed E-state index contributed by atoms with van der Waals surface area (Å²) in [6.45, 7) is 0. The van der Waals surface area contributed by atoms with E-state index in [0.29, 0.717) is 17.6 Å². The minimum Gasteiger partial charge on any atom is -0.344 e. The Hall–Kier alpha value is 0.790. The first-order valence-electron chi connectivity index (χ1n) is 3.30. The van der Waals surface area contributed by atoms with Crippen molar-refractivity contribution in [2.24, 2.45) is 0 Å². The lowest BCUT2D eigenvalue weighted by Crippen LogP contribution is -2.25. The van der Waals surface area contributed by atoms with Crippen molar-refractivity contribution in [3.05, 3.63) is 0 Å². The third-order valence-electron chi connectivity index (χ3n) is 1.50. The molecule has 0 aromatic heterocycles. The van der Waals surface area contributed by atoms with E-state index in [0.717, 1.165) is 0 Å². The Morgan fingerprint density at radius 1 is 0.818 bits per heavy atom. The molecule has 0 aromatic carbocycles. The zero-order valence-corrected chi connectivity index (χ0v) is 8.07. The van der Waals surface area contributed by atoms with E-state index in [4.69, 9.17) is 44.3 Å². The van der Waals surface area contributed by atoms with Crippen molar-refractivity contribution in [1.82, 2.24) is 0 Å². The molecule has 1 aliphatic heterocycles. The molecule has 0 amide bonds. The van der Waals surface area contributed by atoms with Gasteiger partial charge in [-0.25, -0.2) is 0 Å². The van der Waals surface area contributed by atoms with Gasteiger partial charge in [-0.3, -0.25) is 0 Å². The summed E-state index contributed by atoms with van der Waals surface area (Å²) < 4.78 is 10.6. The maximum absolute atomic E-state index is 5.60. The Morgan fingerprint density at radius 2 is 1.27 bits per heavy atom. The molecule has 0 aromatic rings. The van der Waals surface area contributed by atoms with Crippen LogP contribution in [0.25, 0.3) is 0 Å². The molecule has 2 atom stereocenters. The van der Waals surface area contributed by atoms with Crippen LogP contribution in [-0.2, 0) is 9.47 Å². The molecule has 1 saturated heterocycles. The van der Waals surface area contributed by atoms with Gasteiger partial charge in [-0.1, -0.05) is 0 Å². The van der Waals surface area contributed by atoms with Gasteiger partial charge in [-0.05, 0) is 0 Å². The van der Waals surface area contributed by atoms with Crippen LogP contribution in [0, 0.1) is 0 Å². The van der Waals surface area contributed by atoms with Crippen LogP contribution in [0.2, 0.25) is 0 Å². The van der Waals surface area contributed by atoms with Gasteiger partial charge in [-0.15, -0.1) is 34.8 Å². The smallest absolute Gasteiger partial charge is 0.172 e. The van der Waals surface area contributed by atoms with Gasteiger partial charge in [-0.2, -0.15) is 0 Å². The van der Waals surface area contributed by atoms with Crippen LogP contribution < -0.4 is 0 Å². The molecule has 1 fully saturated rings. The molecule has 0 saturated carbocycles. The average Bonchev–Trinajstić information content (AvgIpc) is 2.46. The molecule has 2 unspecified atom stereocenters. The first kappa shape index (κ1) is 9.87. The summed E-state index contributed by atoms with van der Waals surface area (Å²) in [5.74, 6) is 1.11. The lowest BCUT2D eigenvalue weighted by atomic mass is 10.3. The molecule has 0 bridgehead atoms. The van der Waals surface area contributed by atoms with Crippen LogP contribution in [-0.4, -0.2) is 36.1 Å². The second kappa shape index (κ2) is 4.73. The van der Waals surface area contributed by atoms with Gasteiger partial charge < -0.3 is 9.47 Å². The van der Waals surface area contributed by atoms with Gasteiger partial charge in [0.1, 0.15) is 12.2 Å². The minimum absolute atomic E-state index is 0.113. The summed E-state index contributed by atoms with van der Waals surface area (Å²) in [6, 6.07) is 0. The van der Waals surface area contributed by atoms with Crippen molar-refractivity contribution >= 4 is 34.8 Å². The molecule has 0 spiro atoms. The Kier molecular flexibility index (Phi) is 4.24. The van der Waals surface area contributed by atoms with Crippen LogP contribution in [0.15, 0.2) is 0 Å². The zero-order chi connectivity index (χ0) is 8.27. The molecular formula is C6H9Cl3O2. The fraction of sp³-hybridized carbons (Fsp3) is 1.00. The van der Waals surface area contributed by atoms with Crippen LogP contribution >= 0.6 is 34.8 Å². The van der Waals surface area contributed by atoms with Crippen LogP contribution in [0.3, 0.4) is 0 Å². The first-order valence-corrected chi connectivity index (χ1v) is 4.91. The number of alkyl halides is 3. The molecule has 5 heteroatoms. The van der Waals surface area contributed by atoms with Crippen molar-refractivity contribution in [3.8, 4) is 0 Å². The molecule has 66 valence electrons. The van der Waals surface area contributed by atoms with Gasteiger partial charge in [0.05, 0.1) is 17.6 Å². The van der Waals surface area contributed by atoms with Gasteiger partial charge in [0, 0.05) is 0 Å². The Morgan fingerprint density at radius 3 is 1.55 bits per heavy atom. The van der Waals surface area contributed by atoms with E-state index in [1.807, 2.05) is 0 Å². The van der Waals surface area contributed by atoms with E-state index in [9.17, 15) is 0 Å². The summed E-state index contributed by atoms with van der Waals surface area (Å²) in [6.07, 6.45) is -0.569. The Labute approximate surface area is 80.7 Å². The van der Waals surface area contributed by atoms with Gasteiger partial charge >= 0.3 is 0 Å². The van der Waals surface area contributed by atoms with E-state index in [1.54, 1.807) is 0 Å². The predicted molar refractivity (Wildman–Crippen MR) is 45.7 cm³/mol. The van der Waals surface area contributed by atoms with Crippen molar-refractivity contribution in [3.63, 3.8) is 0 Å². The summed E-state index contributed by atoms with van der Waals surface area (Å²) in [5, 5.41) is 0. The van der Waals surface area contributed by atoms with E-state index in [2.05, 4.69) is 0 Å². The zero-order valence-electron chi connectivity index (χ0n) is 5.80. The van der Waals surface area contributed by atoms with Crippen molar-refractivity contribution in [2.45, 2.75) is 18.5 Å². The monoisotopic (exact) mass is 218 g/mol. The summed E-state index contributed by atoms with van der Waals surface area (Å²) >= 11 is 16.7. The molecular weight excluding hydrogens is 210 g/mol. The molecule has 11 heavy (non-hydrogen) atoms. The fourth-order valence-electron chi connectivity index (χ4n) is 0.941. The highest BCUT2D eigenvalue weighted by atomic mass is 35.5. The summed E-state index contributed by atoms with van der Waals surface area (Å²) in [4.78, 5) is 0. The topological polar surface area (TPSA) is 18.5 Å². The summed E-state index contributed by atoms with van der Waals surface area (Å²) in [7, 11) is 0. The lowest BCUT2D eigenvalue weighted by molar-refractivity contribution is -0.0436. The average molecular weight is 219 g/mol. The second-order valence-electron chi connectivity index (χ2n) is 2.24. The van der Waals surface area contributed by atoms with Crippen molar-refractivity contribution in [2.75, 3.05) is 17.6 Å². The lowest BCUT2D eigenvalue weighted by Gasteiger charge is -2.09. The molecule has 1 heterocycles. The highest BCUT2D eigenvalue weighted by Gasteiger charge is 2.34. The van der Waals surface area contributed by atoms with Crippen LogP contribution in [0.4, 0.5) is 0 Å². The van der Waals surface area contributed by atoms with Crippen molar-refractivity contribution < 1.29 is 9.47 Å². The number of hydrogen-bond donors (Lipinski definition) is 0. The van der Waals surface area contributed by atoms with Gasteiger partial charge in [0.15, 0.2) is 6.29 Å². The Bertz CT molecular complexity index is 110. The van der Waals surface area contributed by atoms with Gasteiger partial charge in [0.25, 0.3) is 0 Å². The number of hydrogen-bond acceptors (Lipinski definition) is 2. The maximum atomic E-state index is 5.60. The van der Waals surface area contributed by atoms with E-state index in [-0.39, 0.29) is 18.5 Å². The van der Waals surface area contributed by atoms with E-state index >= 15 is 0 Å². The molecule has 0 N–H and O–H groups in total. The van der Waals surface area contributed by atoms with E-state index < -0.39 is 0 Å². The normalized spacial score (nSPS) is 37.9. The standard InChI is InChI=1S/C6H9Cl3O2/c7-1-4-5(2-8)11-6(3-9)10-4/h4-6H,1-3H2. The highest BCUT2D eigenvalue weighted by Crippen LogP contribution is 2.21. The summed E-state index contributed by atoms with van der Waals surface area (Å²) in [5.41, 5.74) is 0. The van der Waals surface area contributed by atoms with Gasteiger partial charge in [0.2, 0.25) is 0 Å². The molecule has 0 radical (unpaired) electrons. The van der Waals surface area contributed by atoms with Crippen LogP contribution in [0.5, 0.6) is 0 Å². The number of rotatable bonds is 3. The minimum atomic E-state index is -0.343. The predicted octanol–water partition coefficient (Wildman–Crippen LogP) is 1.81. The quantitative estimate of drug-likeness (QED) is 0.674. The maximum Gasteiger partial charge on any atom is 0.172 e. The highest BCUT2D eigenvalue weighted by molar-refractivity contribution is 6.19. The molecule has 1 rings (SSSR count). The first-order chi connectivity index (χ1) is 5.31. The fourth-order valence-corrected chi connectivity index (χ4v) is 1.63. The molecule has 2 nitrogen and oxygen atoms in total. The molecule has 1 aliphatic rings. The van der Waals surface area contributed by atoms with E-state index in [1.165, 1.54) is 0 Å². The number of ether oxygens (including phenoxy) is 2. The molecule has 0 aliphatic carbocycles. The third-order valence-corrected chi connectivity index (χ3v) is 2.36. The Balaban J connectivity index is 2.41. The third kappa shape index (κ3) is 2.36. The second-order valence-corrected chi connectivity index (χ2v) is 3.17.